The van der Waals surface area contributed by atoms with Crippen LogP contribution in [0, 0.1) is 5.92 Å². The summed E-state index contributed by atoms with van der Waals surface area (Å²) in [6.45, 7) is 3.83. The largest absolute Gasteiger partial charge is 0.481 e. The van der Waals surface area contributed by atoms with Crippen molar-refractivity contribution in [1.82, 2.24) is 0 Å². The van der Waals surface area contributed by atoms with E-state index in [0.29, 0.717) is 27.3 Å². The Morgan fingerprint density at radius 1 is 1.42 bits per heavy atom. The predicted molar refractivity (Wildman–Crippen MR) is 104 cm³/mol. The Hall–Kier alpha value is -2.05. The highest BCUT2D eigenvalue weighted by Gasteiger charge is 2.28. The molecule has 0 radical (unpaired) electrons. The number of nitrogens with two attached hydrogens (primary N) is 1. The number of ether oxygens (including phenoxy) is 1. The number of nitrogens with one attached hydrogen (secondary N) is 1. The molecule has 1 heterocycles. The fraction of sp³-hybridized carbons (Fsp3) is 0.368. The van der Waals surface area contributed by atoms with Crippen LogP contribution in [0.1, 0.15) is 41.1 Å². The van der Waals surface area contributed by atoms with Crippen molar-refractivity contribution in [2.45, 2.75) is 39.2 Å². The third kappa shape index (κ3) is 4.02. The summed E-state index contributed by atoms with van der Waals surface area (Å²) in [5.41, 5.74) is 7.01. The molecule has 0 fully saturated rings. The predicted octanol–water partition coefficient (Wildman–Crippen LogP) is 4.03. The van der Waals surface area contributed by atoms with E-state index in [9.17, 15) is 9.59 Å². The summed E-state index contributed by atoms with van der Waals surface area (Å²) in [4.78, 5) is 25.6. The van der Waals surface area contributed by atoms with Gasteiger partial charge in [0.25, 0.3) is 11.8 Å². The van der Waals surface area contributed by atoms with Gasteiger partial charge in [-0.15, -0.1) is 11.3 Å². The average molecular weight is 393 g/mol. The number of rotatable bonds is 5. The maximum atomic E-state index is 12.5. The second-order valence-corrected chi connectivity index (χ2v) is 8.17. The van der Waals surface area contributed by atoms with Crippen molar-refractivity contribution in [3.05, 3.63) is 45.3 Å². The first kappa shape index (κ1) is 18.7. The lowest BCUT2D eigenvalue weighted by Crippen LogP contribution is -2.30. The molecule has 0 bridgehead atoms. The van der Waals surface area contributed by atoms with Gasteiger partial charge in [0, 0.05) is 9.90 Å². The number of primary amides is 1. The minimum atomic E-state index is -0.743. The number of hydrogen-bond acceptors (Lipinski definition) is 4. The van der Waals surface area contributed by atoms with Crippen molar-refractivity contribution >= 4 is 39.8 Å². The zero-order valence-corrected chi connectivity index (χ0v) is 16.2. The number of carbonyl (C=O) groups is 2. The minimum absolute atomic E-state index is 0.334. The first-order chi connectivity index (χ1) is 12.3. The van der Waals surface area contributed by atoms with Crippen LogP contribution in [0.5, 0.6) is 5.75 Å². The average Bonchev–Trinajstić information content (AvgIpc) is 2.91. The topological polar surface area (TPSA) is 81.4 Å². The van der Waals surface area contributed by atoms with Crippen molar-refractivity contribution in [1.29, 1.82) is 0 Å². The Balaban J connectivity index is 1.77. The van der Waals surface area contributed by atoms with Crippen LogP contribution in [0.2, 0.25) is 5.02 Å². The Morgan fingerprint density at radius 2 is 2.19 bits per heavy atom. The van der Waals surface area contributed by atoms with Crippen LogP contribution in [0.4, 0.5) is 5.00 Å². The highest BCUT2D eigenvalue weighted by Crippen LogP contribution is 2.39. The van der Waals surface area contributed by atoms with Crippen molar-refractivity contribution in [3.8, 4) is 5.75 Å². The summed E-state index contributed by atoms with van der Waals surface area (Å²) in [5, 5.41) is 3.87. The molecule has 0 unspecified atom stereocenters. The van der Waals surface area contributed by atoms with E-state index in [0.717, 1.165) is 29.7 Å². The molecule has 1 aromatic heterocycles. The summed E-state index contributed by atoms with van der Waals surface area (Å²) >= 11 is 7.37. The number of benzene rings is 1. The van der Waals surface area contributed by atoms with E-state index in [1.807, 2.05) is 0 Å². The number of thiophene rings is 1. The standard InChI is InChI=1S/C19H21ClN2O3S/c1-10-6-7-14-15(8-10)26-19(16(14)17(21)23)22-18(24)11(2)25-13-5-3-4-12(20)9-13/h3-5,9-11H,6-8H2,1-2H3,(H2,21,23)(H,22,24)/t10-,11+/m1/s1. The molecule has 138 valence electrons. The first-order valence-corrected chi connectivity index (χ1v) is 9.72. The molecule has 26 heavy (non-hydrogen) atoms. The lowest BCUT2D eigenvalue weighted by molar-refractivity contribution is -0.122. The Kier molecular flexibility index (Phi) is 5.53. The third-order valence-electron chi connectivity index (χ3n) is 4.47. The Labute approximate surface area is 161 Å². The lowest BCUT2D eigenvalue weighted by atomic mass is 9.88. The van der Waals surface area contributed by atoms with E-state index >= 15 is 0 Å². The van der Waals surface area contributed by atoms with Crippen molar-refractivity contribution in [3.63, 3.8) is 0 Å². The zero-order valence-electron chi connectivity index (χ0n) is 14.7. The number of amides is 2. The van der Waals surface area contributed by atoms with E-state index in [1.165, 1.54) is 11.3 Å². The number of carbonyl (C=O) groups excluding carboxylic acids is 2. The number of halogens is 1. The van der Waals surface area contributed by atoms with Gasteiger partial charge in [0.2, 0.25) is 0 Å². The third-order valence-corrected chi connectivity index (χ3v) is 5.88. The maximum absolute atomic E-state index is 12.5. The van der Waals surface area contributed by atoms with Crippen LogP contribution in [0.15, 0.2) is 24.3 Å². The molecule has 2 aromatic rings. The molecule has 1 aliphatic rings. The van der Waals surface area contributed by atoms with Gasteiger partial charge in [0.05, 0.1) is 5.56 Å². The molecule has 1 aliphatic carbocycles. The Morgan fingerprint density at radius 3 is 2.88 bits per heavy atom. The fourth-order valence-electron chi connectivity index (χ4n) is 3.11. The molecule has 0 saturated heterocycles. The smallest absolute Gasteiger partial charge is 0.265 e. The van der Waals surface area contributed by atoms with Gasteiger partial charge >= 0.3 is 0 Å². The van der Waals surface area contributed by atoms with Gasteiger partial charge in [-0.2, -0.15) is 0 Å². The second kappa shape index (κ2) is 7.68. The van der Waals surface area contributed by atoms with E-state index in [1.54, 1.807) is 31.2 Å². The van der Waals surface area contributed by atoms with Crippen LogP contribution >= 0.6 is 22.9 Å². The molecular formula is C19H21ClN2O3S. The van der Waals surface area contributed by atoms with Gasteiger partial charge in [-0.05, 0) is 55.9 Å². The van der Waals surface area contributed by atoms with Gasteiger partial charge in [-0.25, -0.2) is 0 Å². The minimum Gasteiger partial charge on any atom is -0.481 e. The summed E-state index contributed by atoms with van der Waals surface area (Å²) < 4.78 is 5.64. The van der Waals surface area contributed by atoms with Crippen molar-refractivity contribution in [2.75, 3.05) is 5.32 Å². The van der Waals surface area contributed by atoms with Gasteiger partial charge in [-0.3, -0.25) is 9.59 Å². The van der Waals surface area contributed by atoms with Crippen LogP contribution < -0.4 is 15.8 Å². The zero-order chi connectivity index (χ0) is 18.8. The Bertz CT molecular complexity index is 849. The van der Waals surface area contributed by atoms with Crippen LogP contribution in [0.25, 0.3) is 0 Å². The second-order valence-electron chi connectivity index (χ2n) is 6.63. The normalized spacial score (nSPS) is 17.3. The molecule has 1 aromatic carbocycles. The first-order valence-electron chi connectivity index (χ1n) is 8.52. The molecule has 5 nitrogen and oxygen atoms in total. The SMILES string of the molecule is C[C@@H]1CCc2c(sc(NC(=O)[C@H](C)Oc3cccc(Cl)c3)c2C(N)=O)C1. The van der Waals surface area contributed by atoms with Gasteiger partial charge in [-0.1, -0.05) is 24.6 Å². The van der Waals surface area contributed by atoms with Crippen LogP contribution in [-0.2, 0) is 17.6 Å². The molecule has 2 amide bonds. The highest BCUT2D eigenvalue weighted by molar-refractivity contribution is 7.17. The molecule has 7 heteroatoms. The molecule has 0 saturated carbocycles. The molecular weight excluding hydrogens is 372 g/mol. The molecule has 3 N–H and O–H groups in total. The summed E-state index contributed by atoms with van der Waals surface area (Å²) in [7, 11) is 0. The molecule has 0 aliphatic heterocycles. The van der Waals surface area contributed by atoms with Gasteiger partial charge in [0.15, 0.2) is 6.10 Å². The maximum Gasteiger partial charge on any atom is 0.265 e. The van der Waals surface area contributed by atoms with E-state index in [4.69, 9.17) is 22.1 Å². The van der Waals surface area contributed by atoms with Crippen molar-refractivity contribution < 1.29 is 14.3 Å². The number of hydrogen-bond donors (Lipinski definition) is 2. The quantitative estimate of drug-likeness (QED) is 0.805. The molecule has 3 rings (SSSR count). The van der Waals surface area contributed by atoms with E-state index in [-0.39, 0.29) is 5.91 Å². The van der Waals surface area contributed by atoms with Gasteiger partial charge < -0.3 is 15.8 Å². The van der Waals surface area contributed by atoms with Crippen LogP contribution in [-0.4, -0.2) is 17.9 Å². The summed E-state index contributed by atoms with van der Waals surface area (Å²) in [6, 6.07) is 6.86. The lowest BCUT2D eigenvalue weighted by Gasteiger charge is -2.18. The molecule has 0 spiro atoms. The van der Waals surface area contributed by atoms with Crippen molar-refractivity contribution in [2.24, 2.45) is 11.7 Å². The monoisotopic (exact) mass is 392 g/mol. The molecule has 2 atom stereocenters. The highest BCUT2D eigenvalue weighted by atomic mass is 35.5. The number of anilines is 1. The van der Waals surface area contributed by atoms with E-state index < -0.39 is 12.0 Å². The van der Waals surface area contributed by atoms with E-state index in [2.05, 4.69) is 12.2 Å². The summed E-state index contributed by atoms with van der Waals surface area (Å²) in [5.74, 6) is 0.236. The summed E-state index contributed by atoms with van der Waals surface area (Å²) in [6.07, 6.45) is 2.00. The van der Waals surface area contributed by atoms with Gasteiger partial charge in [0.1, 0.15) is 10.8 Å². The number of fused-ring (bicyclic) bond motifs is 1. The fourth-order valence-corrected chi connectivity index (χ4v) is 4.71. The van der Waals surface area contributed by atoms with Crippen LogP contribution in [0.3, 0.4) is 0 Å².